The standard InChI is InChI=1S/C25H47N3O7/c1-22(2,16-23(3,4)14-20(31)32)13-19(30)28-17(21(33)34)15-27-18(29)9-10-25(7,8)35-12-11-24(5,6)26/h17H,9-16,26H2,1-8H3,(H,27,29)(H,28,30)(H,31,32)(H,33,34). The van der Waals surface area contributed by atoms with Crippen molar-refractivity contribution in [1.82, 2.24) is 10.6 Å². The van der Waals surface area contributed by atoms with Gasteiger partial charge < -0.3 is 31.3 Å². The number of rotatable bonds is 17. The number of carbonyl (C=O) groups is 4. The molecule has 204 valence electrons. The van der Waals surface area contributed by atoms with Crippen molar-refractivity contribution < 1.29 is 34.1 Å². The number of carbonyl (C=O) groups excluding carboxylic acids is 2. The van der Waals surface area contributed by atoms with Crippen LogP contribution in [-0.2, 0) is 23.9 Å². The molecule has 0 aliphatic carbocycles. The maximum atomic E-state index is 12.5. The highest BCUT2D eigenvalue weighted by atomic mass is 16.5. The Balaban J connectivity index is 4.69. The molecule has 0 spiro atoms. The van der Waals surface area contributed by atoms with E-state index in [1.165, 1.54) is 0 Å². The molecule has 0 radical (unpaired) electrons. The molecule has 0 aromatic rings. The second-order valence-electron chi connectivity index (χ2n) is 12.4. The molecule has 0 aliphatic heterocycles. The molecule has 0 fully saturated rings. The molecular formula is C25H47N3O7. The highest BCUT2D eigenvalue weighted by molar-refractivity contribution is 5.85. The van der Waals surface area contributed by atoms with Gasteiger partial charge in [-0.2, -0.15) is 0 Å². The van der Waals surface area contributed by atoms with Crippen LogP contribution in [0.25, 0.3) is 0 Å². The van der Waals surface area contributed by atoms with E-state index in [9.17, 15) is 24.3 Å². The van der Waals surface area contributed by atoms with Crippen molar-refractivity contribution in [2.24, 2.45) is 16.6 Å². The van der Waals surface area contributed by atoms with Crippen LogP contribution in [0.5, 0.6) is 0 Å². The van der Waals surface area contributed by atoms with Crippen LogP contribution in [0.1, 0.15) is 93.9 Å². The number of hydrogen-bond acceptors (Lipinski definition) is 6. The first-order chi connectivity index (χ1) is 15.6. The molecule has 10 heteroatoms. The van der Waals surface area contributed by atoms with E-state index >= 15 is 0 Å². The van der Waals surface area contributed by atoms with Crippen LogP contribution in [0.15, 0.2) is 0 Å². The van der Waals surface area contributed by atoms with Gasteiger partial charge in [0.05, 0.1) is 12.0 Å². The molecule has 0 rings (SSSR count). The molecule has 0 saturated heterocycles. The Hall–Kier alpha value is -2.20. The van der Waals surface area contributed by atoms with Gasteiger partial charge in [-0.15, -0.1) is 0 Å². The van der Waals surface area contributed by atoms with Crippen molar-refractivity contribution >= 4 is 23.8 Å². The molecule has 0 bridgehead atoms. The molecule has 0 saturated carbocycles. The Kier molecular flexibility index (Phi) is 12.4. The maximum absolute atomic E-state index is 12.5. The summed E-state index contributed by atoms with van der Waals surface area (Å²) in [4.78, 5) is 47.5. The minimum absolute atomic E-state index is 0.0267. The number of amides is 2. The summed E-state index contributed by atoms with van der Waals surface area (Å²) in [6, 6.07) is -1.27. The Bertz CT molecular complexity index is 740. The summed E-state index contributed by atoms with van der Waals surface area (Å²) in [5, 5.41) is 23.6. The average molecular weight is 502 g/mol. The third-order valence-electron chi connectivity index (χ3n) is 5.56. The van der Waals surface area contributed by atoms with Crippen molar-refractivity contribution in [2.75, 3.05) is 13.2 Å². The lowest BCUT2D eigenvalue weighted by atomic mass is 9.72. The van der Waals surface area contributed by atoms with Crippen LogP contribution in [0.3, 0.4) is 0 Å². The van der Waals surface area contributed by atoms with Crippen molar-refractivity contribution in [3.63, 3.8) is 0 Å². The largest absolute Gasteiger partial charge is 0.481 e. The summed E-state index contributed by atoms with van der Waals surface area (Å²) in [6.45, 7) is 15.1. The van der Waals surface area contributed by atoms with Gasteiger partial charge in [0.1, 0.15) is 6.04 Å². The summed E-state index contributed by atoms with van der Waals surface area (Å²) in [5.74, 6) is -2.97. The molecule has 0 aromatic heterocycles. The Labute approximate surface area is 209 Å². The van der Waals surface area contributed by atoms with Crippen molar-refractivity contribution in [1.29, 1.82) is 0 Å². The molecule has 0 aliphatic rings. The lowest BCUT2D eigenvalue weighted by Gasteiger charge is -2.34. The second-order valence-corrected chi connectivity index (χ2v) is 12.4. The van der Waals surface area contributed by atoms with Gasteiger partial charge in [-0.3, -0.25) is 14.4 Å². The van der Waals surface area contributed by atoms with Crippen LogP contribution in [0.2, 0.25) is 0 Å². The van der Waals surface area contributed by atoms with Gasteiger partial charge in [-0.1, -0.05) is 27.7 Å². The molecule has 10 nitrogen and oxygen atoms in total. The van der Waals surface area contributed by atoms with Gasteiger partial charge in [0.25, 0.3) is 0 Å². The third kappa shape index (κ3) is 17.0. The fourth-order valence-corrected chi connectivity index (χ4v) is 4.09. The average Bonchev–Trinajstić information content (AvgIpc) is 2.59. The predicted octanol–water partition coefficient (Wildman–Crippen LogP) is 2.68. The van der Waals surface area contributed by atoms with Gasteiger partial charge in [-0.25, -0.2) is 4.79 Å². The Morgan fingerprint density at radius 2 is 1.40 bits per heavy atom. The van der Waals surface area contributed by atoms with E-state index in [1.54, 1.807) is 0 Å². The molecule has 35 heavy (non-hydrogen) atoms. The SMILES string of the molecule is CC(C)(N)CCOC(C)(C)CCC(=O)NCC(NC(=O)CC(C)(C)CC(C)(C)CC(=O)O)C(=O)O. The first kappa shape index (κ1) is 32.8. The summed E-state index contributed by atoms with van der Waals surface area (Å²) in [7, 11) is 0. The quantitative estimate of drug-likeness (QED) is 0.203. The van der Waals surface area contributed by atoms with Crippen molar-refractivity contribution in [3.8, 4) is 0 Å². The van der Waals surface area contributed by atoms with Gasteiger partial charge in [0, 0.05) is 31.5 Å². The van der Waals surface area contributed by atoms with E-state index in [4.69, 9.17) is 15.6 Å². The molecule has 0 aromatic carbocycles. The summed E-state index contributed by atoms with van der Waals surface area (Å²) < 4.78 is 5.83. The van der Waals surface area contributed by atoms with E-state index in [-0.39, 0.29) is 37.3 Å². The highest BCUT2D eigenvalue weighted by Crippen LogP contribution is 2.38. The van der Waals surface area contributed by atoms with E-state index in [0.29, 0.717) is 25.9 Å². The van der Waals surface area contributed by atoms with Crippen molar-refractivity contribution in [2.45, 2.75) is 111 Å². The molecule has 1 atom stereocenters. The molecule has 6 N–H and O–H groups in total. The fraction of sp³-hybridized carbons (Fsp3) is 0.840. The number of hydrogen-bond donors (Lipinski definition) is 5. The summed E-state index contributed by atoms with van der Waals surface area (Å²) in [6.07, 6.45) is 1.72. The number of ether oxygens (including phenoxy) is 1. The normalized spacial score (nSPS) is 13.7. The van der Waals surface area contributed by atoms with E-state index < -0.39 is 40.3 Å². The monoisotopic (exact) mass is 501 g/mol. The Morgan fingerprint density at radius 3 is 1.89 bits per heavy atom. The maximum Gasteiger partial charge on any atom is 0.328 e. The summed E-state index contributed by atoms with van der Waals surface area (Å²) in [5.41, 5.74) is 4.01. The highest BCUT2D eigenvalue weighted by Gasteiger charge is 2.33. The third-order valence-corrected chi connectivity index (χ3v) is 5.56. The smallest absolute Gasteiger partial charge is 0.328 e. The minimum atomic E-state index is -1.27. The zero-order valence-electron chi connectivity index (χ0n) is 22.7. The topological polar surface area (TPSA) is 168 Å². The minimum Gasteiger partial charge on any atom is -0.481 e. The van der Waals surface area contributed by atoms with Crippen LogP contribution in [0.4, 0.5) is 0 Å². The zero-order valence-corrected chi connectivity index (χ0v) is 22.7. The molecular weight excluding hydrogens is 454 g/mol. The first-order valence-corrected chi connectivity index (χ1v) is 12.1. The predicted molar refractivity (Wildman–Crippen MR) is 134 cm³/mol. The van der Waals surface area contributed by atoms with Crippen LogP contribution < -0.4 is 16.4 Å². The fourth-order valence-electron chi connectivity index (χ4n) is 4.09. The van der Waals surface area contributed by atoms with Crippen molar-refractivity contribution in [3.05, 3.63) is 0 Å². The number of carboxylic acids is 2. The first-order valence-electron chi connectivity index (χ1n) is 12.1. The van der Waals surface area contributed by atoms with Gasteiger partial charge in [-0.05, 0) is 57.8 Å². The van der Waals surface area contributed by atoms with Crippen LogP contribution >= 0.6 is 0 Å². The lowest BCUT2D eigenvalue weighted by Crippen LogP contribution is -2.49. The Morgan fingerprint density at radius 1 is 0.857 bits per heavy atom. The molecule has 0 heterocycles. The van der Waals surface area contributed by atoms with E-state index in [0.717, 1.165) is 0 Å². The lowest BCUT2D eigenvalue weighted by molar-refractivity contribution is -0.142. The molecule has 1 unspecified atom stereocenters. The zero-order chi connectivity index (χ0) is 27.7. The number of nitrogens with two attached hydrogens (primary N) is 1. The van der Waals surface area contributed by atoms with E-state index in [2.05, 4.69) is 10.6 Å². The number of carboxylic acid groups (broad SMARTS) is 2. The number of nitrogens with one attached hydrogen (secondary N) is 2. The second kappa shape index (κ2) is 13.2. The van der Waals surface area contributed by atoms with E-state index in [1.807, 2.05) is 55.4 Å². The van der Waals surface area contributed by atoms with Crippen LogP contribution in [0, 0.1) is 10.8 Å². The van der Waals surface area contributed by atoms with Gasteiger partial charge in [0.15, 0.2) is 0 Å². The van der Waals surface area contributed by atoms with Crippen LogP contribution in [-0.4, -0.2) is 64.3 Å². The van der Waals surface area contributed by atoms with Gasteiger partial charge >= 0.3 is 11.9 Å². The summed E-state index contributed by atoms with van der Waals surface area (Å²) >= 11 is 0. The molecule has 2 amide bonds. The number of aliphatic carboxylic acids is 2. The van der Waals surface area contributed by atoms with Gasteiger partial charge in [0.2, 0.25) is 11.8 Å².